The predicted octanol–water partition coefficient (Wildman–Crippen LogP) is 7.21. The van der Waals surface area contributed by atoms with Crippen molar-refractivity contribution in [3.8, 4) is 11.5 Å². The van der Waals surface area contributed by atoms with Crippen molar-refractivity contribution in [2.75, 3.05) is 9.80 Å². The first-order valence-electron chi connectivity index (χ1n) is 14.4. The normalized spacial score (nSPS) is 21.5. The van der Waals surface area contributed by atoms with Gasteiger partial charge in [-0.05, 0) is 72.5 Å². The summed E-state index contributed by atoms with van der Waals surface area (Å²) in [4.78, 5) is 40.5. The highest BCUT2D eigenvalue weighted by Crippen LogP contribution is 2.52. The van der Waals surface area contributed by atoms with Crippen LogP contribution in [0.4, 0.5) is 10.3 Å². The zero-order chi connectivity index (χ0) is 29.9. The lowest BCUT2D eigenvalue weighted by Crippen LogP contribution is -2.57. The number of phenolic OH excluding ortho intramolecular Hbond substituents is 2. The molecule has 4 heterocycles. The van der Waals surface area contributed by atoms with Crippen molar-refractivity contribution in [1.29, 1.82) is 0 Å². The molecule has 10 heteroatoms. The molecule has 2 saturated heterocycles. The van der Waals surface area contributed by atoms with Crippen molar-refractivity contribution in [3.63, 3.8) is 0 Å². The zero-order valence-electron chi connectivity index (χ0n) is 23.3. The van der Waals surface area contributed by atoms with E-state index in [-0.39, 0.29) is 47.2 Å². The van der Waals surface area contributed by atoms with E-state index in [1.807, 2.05) is 60.7 Å². The highest BCUT2D eigenvalue weighted by Gasteiger charge is 2.54. The maximum atomic E-state index is 13.8. The van der Waals surface area contributed by atoms with Crippen LogP contribution in [0, 0.1) is 11.8 Å². The molecule has 8 nitrogen and oxygen atoms in total. The van der Waals surface area contributed by atoms with Gasteiger partial charge in [0, 0.05) is 0 Å². The summed E-state index contributed by atoms with van der Waals surface area (Å²) in [5.74, 6) is -0.568. The van der Waals surface area contributed by atoms with E-state index in [0.29, 0.717) is 23.1 Å². The average molecular weight is 619 g/mol. The third-order valence-electron chi connectivity index (χ3n) is 8.62. The van der Waals surface area contributed by atoms with Gasteiger partial charge >= 0.3 is 0 Å². The van der Waals surface area contributed by atoms with Crippen LogP contribution in [0.3, 0.4) is 0 Å². The topological polar surface area (TPSA) is 107 Å². The lowest BCUT2D eigenvalue weighted by atomic mass is 9.74. The average Bonchev–Trinajstić information content (AvgIpc) is 3.64. The molecule has 0 spiro atoms. The number of aromatic hydroxyl groups is 2. The zero-order valence-corrected chi connectivity index (χ0v) is 24.9. The number of carbonyl (C=O) groups is 2. The number of rotatable bonds is 7. The van der Waals surface area contributed by atoms with Gasteiger partial charge in [-0.15, -0.1) is 0 Å². The maximum Gasteiger partial charge on any atom is 0.234 e. The Labute approximate surface area is 260 Å². The summed E-state index contributed by atoms with van der Waals surface area (Å²) in [6, 6.07) is 29.0. The van der Waals surface area contributed by atoms with Gasteiger partial charge in [-0.25, -0.2) is 9.97 Å². The largest absolute Gasteiger partial charge is 0.508 e. The number of para-hydroxylation sites is 2. The first-order valence-corrected chi connectivity index (χ1v) is 16.0. The number of thiazole rings is 2. The van der Waals surface area contributed by atoms with Crippen molar-refractivity contribution in [1.82, 2.24) is 9.97 Å². The minimum absolute atomic E-state index is 0.0406. The van der Waals surface area contributed by atoms with Gasteiger partial charge in [0.1, 0.15) is 11.5 Å². The van der Waals surface area contributed by atoms with Gasteiger partial charge < -0.3 is 10.2 Å². The quantitative estimate of drug-likeness (QED) is 0.183. The monoisotopic (exact) mass is 618 g/mol. The summed E-state index contributed by atoms with van der Waals surface area (Å²) in [5.41, 5.74) is 3.33. The Balaban J connectivity index is 1.10. The summed E-state index contributed by atoms with van der Waals surface area (Å²) in [5, 5.41) is 21.8. The molecule has 218 valence electrons. The minimum atomic E-state index is -0.377. The van der Waals surface area contributed by atoms with Gasteiger partial charge in [0.25, 0.3) is 0 Å². The van der Waals surface area contributed by atoms with Crippen LogP contribution >= 0.6 is 22.7 Å². The van der Waals surface area contributed by atoms with Crippen molar-refractivity contribution < 1.29 is 19.8 Å². The number of phenols is 2. The van der Waals surface area contributed by atoms with Crippen LogP contribution in [-0.4, -0.2) is 32.0 Å². The van der Waals surface area contributed by atoms with Crippen LogP contribution in [-0.2, 0) is 9.59 Å². The second kappa shape index (κ2) is 10.4. The SMILES string of the molecule is O=C1C(CCC2C(=O)N(c3nc4ccccc4s3)C2c2cccc(O)c2)C(c2cccc(O)c2)N1c1nc2ccccc2s1. The van der Waals surface area contributed by atoms with E-state index in [9.17, 15) is 19.8 Å². The number of β-lactam (4-membered cyclic amide) rings is 2. The molecule has 0 bridgehead atoms. The highest BCUT2D eigenvalue weighted by molar-refractivity contribution is 7.22. The third kappa shape index (κ3) is 4.32. The predicted molar refractivity (Wildman–Crippen MR) is 172 cm³/mol. The van der Waals surface area contributed by atoms with Crippen LogP contribution in [0.2, 0.25) is 0 Å². The Hall–Kier alpha value is -4.80. The molecule has 2 fully saturated rings. The maximum absolute atomic E-state index is 13.8. The number of hydrogen-bond acceptors (Lipinski definition) is 8. The van der Waals surface area contributed by atoms with Crippen LogP contribution in [0.15, 0.2) is 97.1 Å². The van der Waals surface area contributed by atoms with E-state index in [1.54, 1.807) is 46.2 Å². The molecule has 0 radical (unpaired) electrons. The molecule has 2 amide bonds. The Kier molecular flexibility index (Phi) is 6.35. The fourth-order valence-corrected chi connectivity index (χ4v) is 8.57. The fourth-order valence-electron chi connectivity index (χ4n) is 6.55. The lowest BCUT2D eigenvalue weighted by Gasteiger charge is -2.49. The highest BCUT2D eigenvalue weighted by atomic mass is 32.1. The Morgan fingerprint density at radius 1 is 0.591 bits per heavy atom. The van der Waals surface area contributed by atoms with Crippen molar-refractivity contribution in [2.24, 2.45) is 11.8 Å². The molecule has 4 atom stereocenters. The van der Waals surface area contributed by atoms with E-state index < -0.39 is 0 Å². The number of carbonyl (C=O) groups excluding carboxylic acids is 2. The summed E-state index contributed by atoms with van der Waals surface area (Å²) < 4.78 is 2.00. The van der Waals surface area contributed by atoms with Gasteiger partial charge in [-0.2, -0.15) is 0 Å². The van der Waals surface area contributed by atoms with Gasteiger partial charge in [-0.1, -0.05) is 71.2 Å². The van der Waals surface area contributed by atoms with E-state index in [4.69, 9.17) is 9.97 Å². The summed E-state index contributed by atoms with van der Waals surface area (Å²) in [7, 11) is 0. The summed E-state index contributed by atoms with van der Waals surface area (Å²) >= 11 is 2.94. The van der Waals surface area contributed by atoms with Crippen molar-refractivity contribution in [3.05, 3.63) is 108 Å². The Morgan fingerprint density at radius 2 is 1.02 bits per heavy atom. The second-order valence-corrected chi connectivity index (χ2v) is 13.2. The Bertz CT molecular complexity index is 1860. The van der Waals surface area contributed by atoms with Gasteiger partial charge in [0.15, 0.2) is 10.3 Å². The van der Waals surface area contributed by atoms with Crippen LogP contribution < -0.4 is 9.80 Å². The number of nitrogens with zero attached hydrogens (tertiary/aromatic N) is 4. The first kappa shape index (κ1) is 26.8. The van der Waals surface area contributed by atoms with E-state index in [0.717, 1.165) is 31.6 Å². The van der Waals surface area contributed by atoms with Crippen molar-refractivity contribution >= 4 is 65.2 Å². The summed E-state index contributed by atoms with van der Waals surface area (Å²) in [6.45, 7) is 0. The standard InChI is InChI=1S/C34H26N4O4S2/c39-21-9-5-7-19(17-21)29-23(31(41)37(29)33-35-25-11-1-3-13-27(25)43-33)15-16-24-30(20-8-6-10-22(40)18-20)38(32(24)42)34-36-26-12-2-4-14-28(26)44-34/h1-14,17-18,23-24,29-30,39-40H,15-16H2. The molecular weight excluding hydrogens is 593 g/mol. The van der Waals surface area contributed by atoms with Crippen molar-refractivity contribution in [2.45, 2.75) is 24.9 Å². The third-order valence-corrected chi connectivity index (χ3v) is 10.7. The van der Waals surface area contributed by atoms with Crippen LogP contribution in [0.5, 0.6) is 11.5 Å². The van der Waals surface area contributed by atoms with Crippen LogP contribution in [0.25, 0.3) is 20.4 Å². The van der Waals surface area contributed by atoms with Gasteiger partial charge in [0.2, 0.25) is 11.8 Å². The molecule has 0 saturated carbocycles. The molecule has 0 aliphatic carbocycles. The summed E-state index contributed by atoms with van der Waals surface area (Å²) in [6.07, 6.45) is 0.972. The Morgan fingerprint density at radius 3 is 1.43 bits per heavy atom. The van der Waals surface area contributed by atoms with Gasteiger partial charge in [-0.3, -0.25) is 19.4 Å². The molecule has 2 N–H and O–H groups in total. The molecule has 2 aromatic heterocycles. The molecule has 8 rings (SSSR count). The van der Waals surface area contributed by atoms with E-state index >= 15 is 0 Å². The van der Waals surface area contributed by atoms with E-state index in [1.165, 1.54) is 22.7 Å². The number of aromatic nitrogens is 2. The fraction of sp³-hybridized carbons (Fsp3) is 0.176. The molecule has 44 heavy (non-hydrogen) atoms. The molecule has 2 aliphatic rings. The number of hydrogen-bond donors (Lipinski definition) is 2. The molecule has 2 aliphatic heterocycles. The minimum Gasteiger partial charge on any atom is -0.508 e. The molecule has 4 unspecified atom stereocenters. The number of benzene rings is 4. The molecule has 6 aromatic rings. The lowest BCUT2D eigenvalue weighted by molar-refractivity contribution is -0.134. The molecule has 4 aromatic carbocycles. The number of anilines is 2. The van der Waals surface area contributed by atoms with Gasteiger partial charge in [0.05, 0.1) is 44.4 Å². The van der Waals surface area contributed by atoms with E-state index in [2.05, 4.69) is 0 Å². The first-order chi connectivity index (χ1) is 21.5. The number of fused-ring (bicyclic) bond motifs is 2. The smallest absolute Gasteiger partial charge is 0.234 e. The second-order valence-electron chi connectivity index (χ2n) is 11.2. The number of amides is 2. The van der Waals surface area contributed by atoms with Crippen LogP contribution in [0.1, 0.15) is 36.1 Å². The molecular formula is C34H26N4O4S2.